The topological polar surface area (TPSA) is 54.5 Å². The minimum absolute atomic E-state index is 0.0370. The number of nitrogens with one attached hydrogen (secondary N) is 1. The third kappa shape index (κ3) is 5.22. The maximum absolute atomic E-state index is 12.9. The zero-order chi connectivity index (χ0) is 20.1. The van der Waals surface area contributed by atoms with E-state index in [1.807, 2.05) is 7.05 Å². The highest BCUT2D eigenvalue weighted by Gasteiger charge is 2.30. The van der Waals surface area contributed by atoms with Crippen LogP contribution in [0.2, 0.25) is 0 Å². The van der Waals surface area contributed by atoms with Gasteiger partial charge in [-0.1, -0.05) is 12.1 Å². The van der Waals surface area contributed by atoms with Crippen molar-refractivity contribution < 1.29 is 22.7 Å². The molecule has 0 spiro atoms. The Hall–Kier alpha value is -2.61. The van der Waals surface area contributed by atoms with E-state index >= 15 is 0 Å². The van der Waals surface area contributed by atoms with Gasteiger partial charge in [0.05, 0.1) is 11.5 Å². The Kier molecular flexibility index (Phi) is 6.18. The molecule has 28 heavy (non-hydrogen) atoms. The first-order valence-electron chi connectivity index (χ1n) is 9.08. The number of rotatable bonds is 5. The molecule has 0 saturated carbocycles. The van der Waals surface area contributed by atoms with Crippen LogP contribution in [0.5, 0.6) is 11.6 Å². The van der Waals surface area contributed by atoms with Gasteiger partial charge in [-0.15, -0.1) is 0 Å². The Morgan fingerprint density at radius 1 is 1.32 bits per heavy atom. The molecule has 5 nitrogen and oxygen atoms in total. The number of hydrogen-bond acceptors (Lipinski definition) is 4. The number of ether oxygens (including phenoxy) is 1. The number of hydrogen-bond donors (Lipinski definition) is 1. The van der Waals surface area contributed by atoms with E-state index in [2.05, 4.69) is 15.2 Å². The summed E-state index contributed by atoms with van der Waals surface area (Å²) in [6.45, 7) is 1.90. The predicted octanol–water partition coefficient (Wildman–Crippen LogP) is 3.85. The molecule has 2 heterocycles. The summed E-state index contributed by atoms with van der Waals surface area (Å²) in [5.74, 6) is 0.0987. The largest absolute Gasteiger partial charge is 0.439 e. The van der Waals surface area contributed by atoms with Gasteiger partial charge in [-0.05, 0) is 50.7 Å². The van der Waals surface area contributed by atoms with E-state index in [0.29, 0.717) is 12.1 Å². The number of alkyl halides is 3. The van der Waals surface area contributed by atoms with Crippen molar-refractivity contribution in [1.82, 2.24) is 15.2 Å². The van der Waals surface area contributed by atoms with Crippen LogP contribution in [0.25, 0.3) is 0 Å². The Labute approximate surface area is 161 Å². The molecule has 1 fully saturated rings. The molecule has 0 aliphatic carbocycles. The molecule has 1 saturated heterocycles. The molecule has 2 aromatic rings. The van der Waals surface area contributed by atoms with E-state index in [9.17, 15) is 18.0 Å². The Balaban J connectivity index is 1.67. The van der Waals surface area contributed by atoms with Gasteiger partial charge in [0.25, 0.3) is 0 Å². The van der Waals surface area contributed by atoms with E-state index in [1.165, 1.54) is 18.3 Å². The van der Waals surface area contributed by atoms with Crippen LogP contribution in [0.15, 0.2) is 42.6 Å². The first-order chi connectivity index (χ1) is 13.3. The first-order valence-corrected chi connectivity index (χ1v) is 9.08. The molecule has 150 valence electrons. The summed E-state index contributed by atoms with van der Waals surface area (Å²) in [5, 5.41) is 2.89. The van der Waals surface area contributed by atoms with Gasteiger partial charge in [-0.3, -0.25) is 4.79 Å². The van der Waals surface area contributed by atoms with E-state index in [4.69, 9.17) is 4.74 Å². The van der Waals surface area contributed by atoms with Crippen molar-refractivity contribution in [3.05, 3.63) is 53.7 Å². The Bertz CT molecular complexity index is 826. The van der Waals surface area contributed by atoms with Gasteiger partial charge >= 0.3 is 6.18 Å². The van der Waals surface area contributed by atoms with Crippen molar-refractivity contribution in [3.63, 3.8) is 0 Å². The molecule has 1 aliphatic rings. The van der Waals surface area contributed by atoms with Crippen molar-refractivity contribution in [3.8, 4) is 11.6 Å². The van der Waals surface area contributed by atoms with E-state index < -0.39 is 11.7 Å². The van der Waals surface area contributed by atoms with Crippen molar-refractivity contribution in [2.24, 2.45) is 5.92 Å². The Morgan fingerprint density at radius 2 is 2.14 bits per heavy atom. The third-order valence-corrected chi connectivity index (χ3v) is 4.67. The summed E-state index contributed by atoms with van der Waals surface area (Å²) < 4.78 is 44.2. The standard InChI is InChI=1S/C20H22F3N3O2/c1-26-10-4-6-15(13-26)18(27)25-12-14-5-3-9-24-19(14)28-17-8-2-7-16(11-17)20(21,22)23/h2-3,5,7-9,11,15H,4,6,10,12-13H2,1H3,(H,25,27). The van der Waals surface area contributed by atoms with E-state index in [-0.39, 0.29) is 30.0 Å². The number of piperidine rings is 1. The van der Waals surface area contributed by atoms with Crippen LogP contribution in [0.3, 0.4) is 0 Å². The second kappa shape index (κ2) is 8.60. The SMILES string of the molecule is CN1CCCC(C(=O)NCc2cccnc2Oc2cccc(C(F)(F)F)c2)C1. The van der Waals surface area contributed by atoms with E-state index in [0.717, 1.165) is 31.5 Å². The van der Waals surface area contributed by atoms with Crippen LogP contribution in [-0.4, -0.2) is 35.9 Å². The van der Waals surface area contributed by atoms with Gasteiger partial charge in [-0.2, -0.15) is 13.2 Å². The first kappa shape index (κ1) is 20.1. The molecule has 1 unspecified atom stereocenters. The minimum Gasteiger partial charge on any atom is -0.439 e. The summed E-state index contributed by atoms with van der Waals surface area (Å²) in [7, 11) is 1.99. The highest BCUT2D eigenvalue weighted by Crippen LogP contribution is 2.33. The normalized spacial score (nSPS) is 17.9. The number of carbonyl (C=O) groups is 1. The predicted molar refractivity (Wildman–Crippen MR) is 97.8 cm³/mol. The Morgan fingerprint density at radius 3 is 2.89 bits per heavy atom. The van der Waals surface area contributed by atoms with Crippen molar-refractivity contribution in [2.75, 3.05) is 20.1 Å². The number of halogens is 3. The highest BCUT2D eigenvalue weighted by molar-refractivity contribution is 5.79. The minimum atomic E-state index is -4.45. The molecule has 3 rings (SSSR count). The third-order valence-electron chi connectivity index (χ3n) is 4.67. The fraction of sp³-hybridized carbons (Fsp3) is 0.400. The van der Waals surface area contributed by atoms with Crippen LogP contribution < -0.4 is 10.1 Å². The van der Waals surface area contributed by atoms with Gasteiger partial charge in [0.2, 0.25) is 11.8 Å². The molecule has 0 bridgehead atoms. The second-order valence-electron chi connectivity index (χ2n) is 6.91. The smallest absolute Gasteiger partial charge is 0.416 e. The molecule has 1 amide bonds. The van der Waals surface area contributed by atoms with Gasteiger partial charge in [0, 0.05) is 24.8 Å². The average Bonchev–Trinajstić information content (AvgIpc) is 2.66. The molecule has 1 aromatic heterocycles. The number of carbonyl (C=O) groups excluding carboxylic acids is 1. The van der Waals surface area contributed by atoms with E-state index in [1.54, 1.807) is 12.1 Å². The number of pyridine rings is 1. The molecule has 1 aromatic carbocycles. The van der Waals surface area contributed by atoms with Gasteiger partial charge < -0.3 is 15.0 Å². The van der Waals surface area contributed by atoms with Crippen molar-refractivity contribution in [2.45, 2.75) is 25.6 Å². The number of amides is 1. The molecule has 1 atom stereocenters. The summed E-state index contributed by atoms with van der Waals surface area (Å²) in [5.41, 5.74) is -0.199. The van der Waals surface area contributed by atoms with Crippen LogP contribution in [0, 0.1) is 5.92 Å². The molecule has 0 radical (unpaired) electrons. The monoisotopic (exact) mass is 393 g/mol. The summed E-state index contributed by atoms with van der Waals surface area (Å²) >= 11 is 0. The lowest BCUT2D eigenvalue weighted by atomic mass is 9.97. The molecule has 1 aliphatic heterocycles. The summed E-state index contributed by atoms with van der Waals surface area (Å²) in [6, 6.07) is 8.03. The van der Waals surface area contributed by atoms with Gasteiger partial charge in [0.15, 0.2) is 0 Å². The average molecular weight is 393 g/mol. The van der Waals surface area contributed by atoms with Crippen LogP contribution >= 0.6 is 0 Å². The molecular formula is C20H22F3N3O2. The lowest BCUT2D eigenvalue weighted by molar-refractivity contribution is -0.137. The maximum Gasteiger partial charge on any atom is 0.416 e. The number of aromatic nitrogens is 1. The highest BCUT2D eigenvalue weighted by atomic mass is 19.4. The van der Waals surface area contributed by atoms with Crippen LogP contribution in [0.4, 0.5) is 13.2 Å². The quantitative estimate of drug-likeness (QED) is 0.839. The number of benzene rings is 1. The lowest BCUT2D eigenvalue weighted by Crippen LogP contribution is -2.41. The molecular weight excluding hydrogens is 371 g/mol. The molecule has 8 heteroatoms. The number of likely N-dealkylation sites (tertiary alicyclic amines) is 1. The number of nitrogens with zero attached hydrogens (tertiary/aromatic N) is 2. The second-order valence-corrected chi connectivity index (χ2v) is 6.91. The fourth-order valence-electron chi connectivity index (χ4n) is 3.21. The zero-order valence-electron chi connectivity index (χ0n) is 15.5. The summed E-state index contributed by atoms with van der Waals surface area (Å²) in [4.78, 5) is 18.6. The summed E-state index contributed by atoms with van der Waals surface area (Å²) in [6.07, 6.45) is -1.14. The molecule has 1 N–H and O–H groups in total. The van der Waals surface area contributed by atoms with Gasteiger partial charge in [0.1, 0.15) is 5.75 Å². The van der Waals surface area contributed by atoms with Crippen molar-refractivity contribution in [1.29, 1.82) is 0 Å². The van der Waals surface area contributed by atoms with Crippen LogP contribution in [-0.2, 0) is 17.5 Å². The zero-order valence-corrected chi connectivity index (χ0v) is 15.5. The lowest BCUT2D eigenvalue weighted by Gasteiger charge is -2.28. The van der Waals surface area contributed by atoms with Gasteiger partial charge in [-0.25, -0.2) is 4.98 Å². The van der Waals surface area contributed by atoms with Crippen molar-refractivity contribution >= 4 is 5.91 Å². The van der Waals surface area contributed by atoms with Crippen LogP contribution in [0.1, 0.15) is 24.0 Å². The fourth-order valence-corrected chi connectivity index (χ4v) is 3.21. The maximum atomic E-state index is 12.9.